The largest absolute Gasteiger partial charge is 0.494 e. The van der Waals surface area contributed by atoms with Gasteiger partial charge in [-0.25, -0.2) is 0 Å². The lowest BCUT2D eigenvalue weighted by molar-refractivity contribution is 0.108. The minimum atomic E-state index is -0.0802. The summed E-state index contributed by atoms with van der Waals surface area (Å²) in [5.74, 6) is 1.99. The molecule has 26 heavy (non-hydrogen) atoms. The zero-order valence-electron chi connectivity index (χ0n) is 16.1. The third kappa shape index (κ3) is 4.76. The van der Waals surface area contributed by atoms with Gasteiger partial charge in [-0.1, -0.05) is 18.2 Å². The van der Waals surface area contributed by atoms with Crippen molar-refractivity contribution in [2.75, 3.05) is 19.8 Å². The van der Waals surface area contributed by atoms with Crippen molar-refractivity contribution in [3.63, 3.8) is 0 Å². The van der Waals surface area contributed by atoms with Crippen LogP contribution in [0.1, 0.15) is 42.3 Å². The van der Waals surface area contributed by atoms with Crippen LogP contribution in [0, 0.1) is 13.8 Å². The average Bonchev–Trinajstić information content (AvgIpc) is 2.58. The Morgan fingerprint density at radius 1 is 0.885 bits per heavy atom. The highest BCUT2D eigenvalue weighted by Gasteiger charge is 2.20. The van der Waals surface area contributed by atoms with Gasteiger partial charge in [0.15, 0.2) is 5.52 Å². The van der Waals surface area contributed by atoms with Crippen molar-refractivity contribution in [2.45, 2.75) is 34.6 Å². The molecule has 0 bridgehead atoms. The number of carbonyl (C=O) groups is 1. The van der Waals surface area contributed by atoms with Crippen molar-refractivity contribution >= 4 is 19.4 Å². The third-order valence-corrected chi connectivity index (χ3v) is 5.12. The monoisotopic (exact) mass is 374 g/mol. The summed E-state index contributed by atoms with van der Waals surface area (Å²) in [6, 6.07) is 9.59. The normalized spacial score (nSPS) is 11.0. The van der Waals surface area contributed by atoms with E-state index >= 15 is 0 Å². The molecule has 0 spiro atoms. The first-order valence-corrected chi connectivity index (χ1v) is 9.95. The molecular weight excluding hydrogens is 347 g/mol. The van der Waals surface area contributed by atoms with Crippen LogP contribution in [0.2, 0.25) is 0 Å². The van der Waals surface area contributed by atoms with E-state index in [0.717, 1.165) is 22.0 Å². The molecule has 0 radical (unpaired) electrons. The predicted octanol–water partition coefficient (Wildman–Crippen LogP) is 4.64. The molecule has 0 aliphatic rings. The Labute approximate surface area is 157 Å². The molecule has 0 amide bonds. The minimum Gasteiger partial charge on any atom is -0.494 e. The van der Waals surface area contributed by atoms with Crippen LogP contribution in [0.15, 0.2) is 30.3 Å². The van der Waals surface area contributed by atoms with E-state index in [2.05, 4.69) is 0 Å². The number of rotatable bonds is 9. The molecule has 5 heteroatoms. The van der Waals surface area contributed by atoms with Gasteiger partial charge in [0, 0.05) is 17.7 Å². The van der Waals surface area contributed by atoms with E-state index in [1.165, 1.54) is 0 Å². The van der Waals surface area contributed by atoms with Gasteiger partial charge in [0.05, 0.1) is 25.1 Å². The van der Waals surface area contributed by atoms with Crippen molar-refractivity contribution in [1.82, 2.24) is 0 Å². The molecule has 0 aliphatic carbocycles. The fourth-order valence-corrected chi connectivity index (χ4v) is 4.11. The van der Waals surface area contributed by atoms with Crippen molar-refractivity contribution in [1.29, 1.82) is 0 Å². The summed E-state index contributed by atoms with van der Waals surface area (Å²) < 4.78 is 17.2. The molecular formula is C21H27O4P. The van der Waals surface area contributed by atoms with E-state index in [1.54, 1.807) is 0 Å². The molecule has 0 heterocycles. The Kier molecular flexibility index (Phi) is 7.47. The van der Waals surface area contributed by atoms with Gasteiger partial charge < -0.3 is 14.2 Å². The van der Waals surface area contributed by atoms with Crippen LogP contribution in [-0.2, 0) is 0 Å². The molecule has 0 aromatic heterocycles. The number of benzene rings is 2. The van der Waals surface area contributed by atoms with Gasteiger partial charge in [-0.15, -0.1) is 0 Å². The maximum Gasteiger partial charge on any atom is 0.186 e. The molecule has 2 rings (SSSR count). The molecule has 0 saturated heterocycles. The zero-order chi connectivity index (χ0) is 19.1. The second-order valence-corrected chi connectivity index (χ2v) is 7.02. The Hall–Kier alpha value is -2.06. The topological polar surface area (TPSA) is 44.8 Å². The highest BCUT2D eigenvalue weighted by atomic mass is 31.1. The molecule has 0 N–H and O–H groups in total. The summed E-state index contributed by atoms with van der Waals surface area (Å²) in [5.41, 5.74) is 2.85. The van der Waals surface area contributed by atoms with Gasteiger partial charge in [0.2, 0.25) is 0 Å². The Bertz CT molecular complexity index is 723. The van der Waals surface area contributed by atoms with Crippen LogP contribution in [0.5, 0.6) is 17.2 Å². The van der Waals surface area contributed by atoms with Gasteiger partial charge in [0.25, 0.3) is 0 Å². The lowest BCUT2D eigenvalue weighted by atomic mass is 10.0. The minimum absolute atomic E-state index is 0.0802. The number of aryl methyl sites for hydroxylation is 2. The summed E-state index contributed by atoms with van der Waals surface area (Å²) >= 11 is 0. The van der Waals surface area contributed by atoms with E-state index in [1.807, 2.05) is 65.0 Å². The van der Waals surface area contributed by atoms with Gasteiger partial charge in [-0.2, -0.15) is 0 Å². The molecule has 1 atom stereocenters. The first kappa shape index (κ1) is 20.3. The summed E-state index contributed by atoms with van der Waals surface area (Å²) in [7, 11) is -0.0802. The number of hydrogen-bond acceptors (Lipinski definition) is 4. The lowest BCUT2D eigenvalue weighted by Crippen LogP contribution is -2.13. The maximum absolute atomic E-state index is 13.0. The average molecular weight is 374 g/mol. The maximum atomic E-state index is 13.0. The quantitative estimate of drug-likeness (QED) is 0.600. The fourth-order valence-electron chi connectivity index (χ4n) is 2.83. The highest BCUT2D eigenvalue weighted by molar-refractivity contribution is 7.66. The Morgan fingerprint density at radius 3 is 1.85 bits per heavy atom. The second kappa shape index (κ2) is 9.59. The van der Waals surface area contributed by atoms with E-state index < -0.39 is 0 Å². The van der Waals surface area contributed by atoms with Crippen LogP contribution in [0.25, 0.3) is 0 Å². The molecule has 4 nitrogen and oxygen atoms in total. The van der Waals surface area contributed by atoms with Crippen molar-refractivity contribution in [3.05, 3.63) is 47.0 Å². The molecule has 2 aromatic rings. The van der Waals surface area contributed by atoms with E-state index in [0.29, 0.717) is 37.1 Å². The van der Waals surface area contributed by atoms with Crippen LogP contribution < -0.4 is 19.5 Å². The standard InChI is InChI=1S/C21H27O4P/c1-6-23-16-12-17(24-7-2)20(18(13-16)25-8-3)26-21(22)19-14(4)10-9-11-15(19)5/h9-13,26H,6-8H2,1-5H3. The lowest BCUT2D eigenvalue weighted by Gasteiger charge is -2.18. The van der Waals surface area contributed by atoms with Gasteiger partial charge in [-0.3, -0.25) is 4.79 Å². The van der Waals surface area contributed by atoms with E-state index in [4.69, 9.17) is 14.2 Å². The molecule has 1 unspecified atom stereocenters. The molecule has 0 saturated carbocycles. The summed E-state index contributed by atoms with van der Waals surface area (Å²) in [5, 5.41) is 0.796. The number of hydrogen-bond donors (Lipinski definition) is 0. The van der Waals surface area contributed by atoms with Crippen LogP contribution in [0.3, 0.4) is 0 Å². The van der Waals surface area contributed by atoms with E-state index in [9.17, 15) is 4.79 Å². The van der Waals surface area contributed by atoms with Crippen LogP contribution >= 0.6 is 8.58 Å². The molecule has 140 valence electrons. The summed E-state index contributed by atoms with van der Waals surface area (Å²) in [6.07, 6.45) is 0. The molecule has 0 fully saturated rings. The van der Waals surface area contributed by atoms with Crippen LogP contribution in [-0.4, -0.2) is 25.3 Å². The van der Waals surface area contributed by atoms with Gasteiger partial charge in [0.1, 0.15) is 17.2 Å². The van der Waals surface area contributed by atoms with E-state index in [-0.39, 0.29) is 14.1 Å². The van der Waals surface area contributed by atoms with Crippen molar-refractivity contribution in [3.8, 4) is 17.2 Å². The fraction of sp³-hybridized carbons (Fsp3) is 0.381. The van der Waals surface area contributed by atoms with Crippen molar-refractivity contribution < 1.29 is 19.0 Å². The van der Waals surface area contributed by atoms with Crippen LogP contribution in [0.4, 0.5) is 0 Å². The first-order valence-electron chi connectivity index (χ1n) is 8.95. The van der Waals surface area contributed by atoms with Crippen molar-refractivity contribution in [2.24, 2.45) is 0 Å². The zero-order valence-corrected chi connectivity index (χ0v) is 17.1. The summed E-state index contributed by atoms with van der Waals surface area (Å²) in [4.78, 5) is 13.0. The smallest absolute Gasteiger partial charge is 0.186 e. The first-order chi connectivity index (χ1) is 12.5. The third-order valence-electron chi connectivity index (χ3n) is 3.90. The predicted molar refractivity (Wildman–Crippen MR) is 108 cm³/mol. The van der Waals surface area contributed by atoms with Gasteiger partial charge >= 0.3 is 0 Å². The number of ether oxygens (including phenoxy) is 3. The SMILES string of the molecule is CCOc1cc(OCC)c(PC(=O)c2c(C)cccc2C)c(OCC)c1. The van der Waals surface area contributed by atoms with Gasteiger partial charge in [-0.05, 0) is 54.3 Å². The number of carbonyl (C=O) groups excluding carboxylic acids is 1. The molecule has 2 aromatic carbocycles. The second-order valence-electron chi connectivity index (χ2n) is 5.81. The highest BCUT2D eigenvalue weighted by Crippen LogP contribution is 2.35. The Balaban J connectivity index is 2.47. The molecule has 0 aliphatic heterocycles. The summed E-state index contributed by atoms with van der Waals surface area (Å²) in [6.45, 7) is 11.3. The Morgan fingerprint density at radius 2 is 1.38 bits per heavy atom.